The van der Waals surface area contributed by atoms with Gasteiger partial charge in [0.05, 0.1) is 5.56 Å². The molecule has 0 fully saturated rings. The molecule has 0 aliphatic heterocycles. The van der Waals surface area contributed by atoms with Gasteiger partial charge in [0.2, 0.25) is 0 Å². The molecular weight excluding hydrogens is 413 g/mol. The number of rotatable bonds is 6. The molecular formula is C23H15F3O5. The van der Waals surface area contributed by atoms with E-state index in [0.717, 1.165) is 24.3 Å². The summed E-state index contributed by atoms with van der Waals surface area (Å²) in [5.74, 6) is -1.18. The summed E-state index contributed by atoms with van der Waals surface area (Å²) < 4.78 is 56.2. The van der Waals surface area contributed by atoms with Gasteiger partial charge in [0.1, 0.15) is 23.0 Å². The first-order valence-electron chi connectivity index (χ1n) is 8.81. The predicted octanol–water partition coefficient (Wildman–Crippen LogP) is 5.82. The molecule has 8 heteroatoms. The summed E-state index contributed by atoms with van der Waals surface area (Å²) in [6.45, 7) is 6.51. The highest BCUT2D eigenvalue weighted by Crippen LogP contribution is 2.40. The number of alkyl halides is 3. The average molecular weight is 428 g/mol. The van der Waals surface area contributed by atoms with Gasteiger partial charge >= 0.3 is 18.1 Å². The van der Waals surface area contributed by atoms with Gasteiger partial charge in [-0.15, -0.1) is 0 Å². The standard InChI is InChI=1S/C23H15F3O5/c1-3-21(27)29-15-7-5-14(6-8-15)19-11-12-20(31-19)17-10-9-16(30-22(28)4-2)13-18(17)23(24,25)26/h3-13H,1-2H2. The normalized spacial score (nSPS) is 10.9. The Morgan fingerprint density at radius 1 is 0.806 bits per heavy atom. The molecule has 0 spiro atoms. The highest BCUT2D eigenvalue weighted by Gasteiger charge is 2.35. The number of hydrogen-bond acceptors (Lipinski definition) is 5. The molecule has 0 unspecified atom stereocenters. The van der Waals surface area contributed by atoms with E-state index in [4.69, 9.17) is 13.9 Å². The van der Waals surface area contributed by atoms with Gasteiger partial charge in [-0.25, -0.2) is 9.59 Å². The third-order valence-electron chi connectivity index (χ3n) is 4.08. The molecule has 0 saturated heterocycles. The molecule has 3 rings (SSSR count). The molecule has 158 valence electrons. The van der Waals surface area contributed by atoms with Crippen LogP contribution >= 0.6 is 0 Å². The molecule has 1 heterocycles. The maximum atomic E-state index is 13.6. The van der Waals surface area contributed by atoms with E-state index < -0.39 is 23.7 Å². The minimum Gasteiger partial charge on any atom is -0.456 e. The Kier molecular flexibility index (Phi) is 6.10. The Balaban J connectivity index is 1.92. The van der Waals surface area contributed by atoms with Crippen LogP contribution < -0.4 is 9.47 Å². The molecule has 0 bridgehead atoms. The number of carbonyl (C=O) groups is 2. The van der Waals surface area contributed by atoms with Crippen LogP contribution in [0, 0.1) is 0 Å². The number of furan rings is 1. The largest absolute Gasteiger partial charge is 0.456 e. The van der Waals surface area contributed by atoms with E-state index in [2.05, 4.69) is 13.2 Å². The zero-order valence-electron chi connectivity index (χ0n) is 15.9. The van der Waals surface area contributed by atoms with Crippen molar-refractivity contribution in [2.24, 2.45) is 0 Å². The van der Waals surface area contributed by atoms with Crippen LogP contribution in [0.1, 0.15) is 5.56 Å². The van der Waals surface area contributed by atoms with E-state index in [1.807, 2.05) is 0 Å². The maximum absolute atomic E-state index is 13.6. The Morgan fingerprint density at radius 3 is 1.94 bits per heavy atom. The van der Waals surface area contributed by atoms with Gasteiger partial charge in [0, 0.05) is 23.3 Å². The van der Waals surface area contributed by atoms with Crippen LogP contribution in [-0.2, 0) is 15.8 Å². The fraction of sp³-hybridized carbons (Fsp3) is 0.0435. The molecule has 5 nitrogen and oxygen atoms in total. The zero-order valence-corrected chi connectivity index (χ0v) is 15.9. The van der Waals surface area contributed by atoms with E-state index in [9.17, 15) is 22.8 Å². The Morgan fingerprint density at radius 2 is 1.35 bits per heavy atom. The molecule has 0 saturated carbocycles. The molecule has 2 aromatic carbocycles. The fourth-order valence-electron chi connectivity index (χ4n) is 2.68. The van der Waals surface area contributed by atoms with Crippen molar-refractivity contribution in [1.29, 1.82) is 0 Å². The van der Waals surface area contributed by atoms with Gasteiger partial charge in [0.25, 0.3) is 0 Å². The van der Waals surface area contributed by atoms with Crippen LogP contribution in [0.5, 0.6) is 11.5 Å². The minimum absolute atomic E-state index is 0.0221. The number of ether oxygens (including phenoxy) is 2. The quantitative estimate of drug-likeness (QED) is 0.281. The minimum atomic E-state index is -4.71. The Labute approximate surface area is 175 Å². The van der Waals surface area contributed by atoms with Crippen molar-refractivity contribution < 1.29 is 36.7 Å². The van der Waals surface area contributed by atoms with Crippen molar-refractivity contribution in [1.82, 2.24) is 0 Å². The van der Waals surface area contributed by atoms with Gasteiger partial charge in [-0.2, -0.15) is 13.2 Å². The first-order chi connectivity index (χ1) is 14.7. The number of esters is 2. The predicted molar refractivity (Wildman–Crippen MR) is 106 cm³/mol. The van der Waals surface area contributed by atoms with Crippen LogP contribution in [-0.4, -0.2) is 11.9 Å². The zero-order chi connectivity index (χ0) is 22.6. The van der Waals surface area contributed by atoms with Crippen LogP contribution in [0.15, 0.2) is 84.3 Å². The van der Waals surface area contributed by atoms with Crippen molar-refractivity contribution >= 4 is 11.9 Å². The number of carbonyl (C=O) groups excluding carboxylic acids is 2. The Bertz CT molecular complexity index is 1140. The summed E-state index contributed by atoms with van der Waals surface area (Å²) in [5.41, 5.74) is -0.669. The summed E-state index contributed by atoms with van der Waals surface area (Å²) in [6, 6.07) is 12.3. The van der Waals surface area contributed by atoms with E-state index in [-0.39, 0.29) is 22.8 Å². The molecule has 1 aromatic heterocycles. The number of halogens is 3. The van der Waals surface area contributed by atoms with Crippen molar-refractivity contribution in [3.8, 4) is 34.1 Å². The highest BCUT2D eigenvalue weighted by atomic mass is 19.4. The fourth-order valence-corrected chi connectivity index (χ4v) is 2.68. The SMILES string of the molecule is C=CC(=O)Oc1ccc(-c2ccc(-c3ccc(OC(=O)C=C)cc3C(F)(F)F)o2)cc1. The van der Waals surface area contributed by atoms with Crippen molar-refractivity contribution in [2.75, 3.05) is 0 Å². The van der Waals surface area contributed by atoms with Crippen LogP contribution in [0.4, 0.5) is 13.2 Å². The second-order valence-corrected chi connectivity index (χ2v) is 6.14. The maximum Gasteiger partial charge on any atom is 0.417 e. The summed E-state index contributed by atoms with van der Waals surface area (Å²) in [4.78, 5) is 22.5. The van der Waals surface area contributed by atoms with Gasteiger partial charge in [0.15, 0.2) is 0 Å². The lowest BCUT2D eigenvalue weighted by atomic mass is 10.0. The van der Waals surface area contributed by atoms with Crippen LogP contribution in [0.2, 0.25) is 0 Å². The van der Waals surface area contributed by atoms with Crippen molar-refractivity contribution in [2.45, 2.75) is 6.18 Å². The second-order valence-electron chi connectivity index (χ2n) is 6.14. The van der Waals surface area contributed by atoms with Gasteiger partial charge in [-0.1, -0.05) is 13.2 Å². The first-order valence-corrected chi connectivity index (χ1v) is 8.81. The molecule has 0 aliphatic rings. The topological polar surface area (TPSA) is 65.7 Å². The second kappa shape index (κ2) is 8.74. The van der Waals surface area contributed by atoms with E-state index >= 15 is 0 Å². The molecule has 0 radical (unpaired) electrons. The average Bonchev–Trinajstić information content (AvgIpc) is 3.23. The highest BCUT2D eigenvalue weighted by molar-refractivity contribution is 5.84. The molecule has 0 N–H and O–H groups in total. The summed E-state index contributed by atoms with van der Waals surface area (Å²) in [5, 5.41) is 0. The van der Waals surface area contributed by atoms with Gasteiger partial charge in [-0.05, 0) is 54.6 Å². The molecule has 3 aromatic rings. The number of benzene rings is 2. The van der Waals surface area contributed by atoms with Crippen molar-refractivity contribution in [3.05, 3.63) is 85.5 Å². The van der Waals surface area contributed by atoms with E-state index in [0.29, 0.717) is 11.3 Å². The molecule has 0 amide bonds. The Hall–Kier alpha value is -4.07. The van der Waals surface area contributed by atoms with Crippen LogP contribution in [0.3, 0.4) is 0 Å². The summed E-state index contributed by atoms with van der Waals surface area (Å²) in [7, 11) is 0. The smallest absolute Gasteiger partial charge is 0.417 e. The summed E-state index contributed by atoms with van der Waals surface area (Å²) >= 11 is 0. The molecule has 0 atom stereocenters. The third-order valence-corrected chi connectivity index (χ3v) is 4.08. The van der Waals surface area contributed by atoms with E-state index in [1.54, 1.807) is 12.1 Å². The summed E-state index contributed by atoms with van der Waals surface area (Å²) in [6.07, 6.45) is -2.84. The molecule has 31 heavy (non-hydrogen) atoms. The lowest BCUT2D eigenvalue weighted by Gasteiger charge is -2.13. The molecule has 0 aliphatic carbocycles. The van der Waals surface area contributed by atoms with Crippen LogP contribution in [0.25, 0.3) is 22.6 Å². The lowest BCUT2D eigenvalue weighted by Crippen LogP contribution is -2.09. The van der Waals surface area contributed by atoms with E-state index in [1.165, 1.54) is 30.3 Å². The van der Waals surface area contributed by atoms with Crippen molar-refractivity contribution in [3.63, 3.8) is 0 Å². The number of hydrogen-bond donors (Lipinski definition) is 0. The monoisotopic (exact) mass is 428 g/mol. The lowest BCUT2D eigenvalue weighted by molar-refractivity contribution is -0.138. The van der Waals surface area contributed by atoms with Gasteiger partial charge < -0.3 is 13.9 Å². The first kappa shape index (κ1) is 21.6. The van der Waals surface area contributed by atoms with Gasteiger partial charge in [-0.3, -0.25) is 0 Å². The third kappa shape index (κ3) is 5.11.